The number of urea groups is 1. The average molecular weight is 410 g/mol. The summed E-state index contributed by atoms with van der Waals surface area (Å²) in [6.45, 7) is 4.09. The molecule has 1 fully saturated rings. The van der Waals surface area contributed by atoms with Gasteiger partial charge in [0.05, 0.1) is 5.69 Å². The highest BCUT2D eigenvalue weighted by molar-refractivity contribution is 8.00. The molecule has 29 heavy (non-hydrogen) atoms. The minimum atomic E-state index is -1.17. The summed E-state index contributed by atoms with van der Waals surface area (Å²) >= 11 is 1.74. The Bertz CT molecular complexity index is 965. The second-order valence-corrected chi connectivity index (χ2v) is 9.02. The van der Waals surface area contributed by atoms with Gasteiger partial charge in [0.1, 0.15) is 12.1 Å². The van der Waals surface area contributed by atoms with Crippen LogP contribution >= 0.6 is 11.8 Å². The second-order valence-electron chi connectivity index (χ2n) is 7.54. The number of nitrogens with zero attached hydrogens (tertiary/aromatic N) is 2. The van der Waals surface area contributed by atoms with Gasteiger partial charge in [-0.15, -0.1) is 11.8 Å². The van der Waals surface area contributed by atoms with Gasteiger partial charge in [0.2, 0.25) is 5.91 Å². The third-order valence-corrected chi connectivity index (χ3v) is 6.70. The van der Waals surface area contributed by atoms with E-state index >= 15 is 0 Å². The highest BCUT2D eigenvalue weighted by Gasteiger charge is 2.49. The van der Waals surface area contributed by atoms with Crippen LogP contribution < -0.4 is 10.2 Å². The van der Waals surface area contributed by atoms with Crippen molar-refractivity contribution >= 4 is 35.3 Å². The molecule has 0 aliphatic carbocycles. The first-order valence-corrected chi connectivity index (χ1v) is 10.5. The molecule has 2 aliphatic heterocycles. The fraction of sp³-hybridized carbons (Fsp3) is 0.318. The van der Waals surface area contributed by atoms with Crippen LogP contribution in [-0.2, 0) is 15.1 Å². The quantitative estimate of drug-likeness (QED) is 0.789. The van der Waals surface area contributed by atoms with E-state index in [1.807, 2.05) is 42.5 Å². The Morgan fingerprint density at radius 1 is 1.14 bits per heavy atom. The smallest absolute Gasteiger partial charge is 0.319 e. The van der Waals surface area contributed by atoms with E-state index in [0.29, 0.717) is 17.4 Å². The van der Waals surface area contributed by atoms with Gasteiger partial charge in [-0.1, -0.05) is 49.4 Å². The molecule has 2 aromatic carbocycles. The number of para-hydroxylation sites is 1. The number of fused-ring (bicyclic) bond motifs is 1. The monoisotopic (exact) mass is 409 g/mol. The second kappa shape index (κ2) is 7.55. The molecule has 2 atom stereocenters. The highest BCUT2D eigenvalue weighted by Crippen LogP contribution is 2.37. The maximum atomic E-state index is 13.2. The maximum absolute atomic E-state index is 13.2. The molecular weight excluding hydrogens is 386 g/mol. The molecule has 2 aliphatic rings. The summed E-state index contributed by atoms with van der Waals surface area (Å²) < 4.78 is 0. The van der Waals surface area contributed by atoms with Crippen LogP contribution in [0.3, 0.4) is 0 Å². The summed E-state index contributed by atoms with van der Waals surface area (Å²) in [6, 6.07) is 16.3. The van der Waals surface area contributed by atoms with Gasteiger partial charge >= 0.3 is 6.03 Å². The third kappa shape index (κ3) is 3.51. The van der Waals surface area contributed by atoms with Gasteiger partial charge in [-0.2, -0.15) is 0 Å². The van der Waals surface area contributed by atoms with Crippen molar-refractivity contribution in [1.82, 2.24) is 10.2 Å². The number of hydrogen-bond donors (Lipinski definition) is 1. The fourth-order valence-corrected chi connectivity index (χ4v) is 4.89. The molecule has 2 heterocycles. The molecule has 0 spiro atoms. The minimum Gasteiger partial charge on any atom is -0.319 e. The van der Waals surface area contributed by atoms with Crippen molar-refractivity contribution in [3.05, 3.63) is 60.2 Å². The van der Waals surface area contributed by atoms with Gasteiger partial charge in [-0.25, -0.2) is 4.79 Å². The lowest BCUT2D eigenvalue weighted by molar-refractivity contribution is -0.134. The zero-order chi connectivity index (χ0) is 20.6. The molecule has 0 radical (unpaired) electrons. The first kappa shape index (κ1) is 19.5. The zero-order valence-electron chi connectivity index (χ0n) is 16.4. The molecule has 1 saturated heterocycles. The molecule has 0 bridgehead atoms. The summed E-state index contributed by atoms with van der Waals surface area (Å²) in [5.41, 5.74) is 0.364. The number of nitrogens with one attached hydrogen (secondary N) is 1. The van der Waals surface area contributed by atoms with Crippen LogP contribution in [0.2, 0.25) is 0 Å². The van der Waals surface area contributed by atoms with E-state index in [4.69, 9.17) is 0 Å². The van der Waals surface area contributed by atoms with Crippen LogP contribution in [0.5, 0.6) is 0 Å². The van der Waals surface area contributed by atoms with E-state index in [1.54, 1.807) is 35.7 Å². The molecule has 6 nitrogen and oxygen atoms in total. The Labute approximate surface area is 174 Å². The van der Waals surface area contributed by atoms with Gasteiger partial charge in [0.25, 0.3) is 5.91 Å². The van der Waals surface area contributed by atoms with Gasteiger partial charge in [0, 0.05) is 16.7 Å². The Hall–Kier alpha value is -2.80. The van der Waals surface area contributed by atoms with Gasteiger partial charge in [-0.3, -0.25) is 14.5 Å². The van der Waals surface area contributed by atoms with Crippen LogP contribution in [0.15, 0.2) is 59.5 Å². The van der Waals surface area contributed by atoms with Crippen LogP contribution in [0.25, 0.3) is 0 Å². The standard InChI is InChI=1S/C22H23N3O3S/c1-15-12-13-24(17-10-6-7-11-18(17)29-15)19(26)14-25-20(27)22(2,23-21(25)28)16-8-4-3-5-9-16/h3-11,15H,12-14H2,1-2H3,(H,23,28)/t15-,22-/m1/s1. The zero-order valence-corrected chi connectivity index (χ0v) is 17.2. The van der Waals surface area contributed by atoms with Gasteiger partial charge < -0.3 is 10.2 Å². The largest absolute Gasteiger partial charge is 0.325 e. The van der Waals surface area contributed by atoms with Crippen molar-refractivity contribution in [3.8, 4) is 0 Å². The van der Waals surface area contributed by atoms with Crippen LogP contribution in [0.1, 0.15) is 25.8 Å². The van der Waals surface area contributed by atoms with E-state index in [-0.39, 0.29) is 12.5 Å². The molecule has 1 N–H and O–H groups in total. The SMILES string of the molecule is C[C@@H]1CCN(C(=O)CN2C(=O)N[C@](C)(c3ccccc3)C2=O)c2ccccc2S1. The van der Waals surface area contributed by atoms with E-state index in [9.17, 15) is 14.4 Å². The topological polar surface area (TPSA) is 69.7 Å². The van der Waals surface area contributed by atoms with Gasteiger partial charge in [-0.05, 0) is 31.0 Å². The molecule has 7 heteroatoms. The molecule has 4 rings (SSSR count). The predicted molar refractivity (Wildman–Crippen MR) is 113 cm³/mol. The first-order valence-electron chi connectivity index (χ1n) is 9.66. The number of thioether (sulfide) groups is 1. The molecule has 2 aromatic rings. The normalized spacial score (nSPS) is 24.1. The van der Waals surface area contributed by atoms with E-state index in [0.717, 1.165) is 21.9 Å². The van der Waals surface area contributed by atoms with Crippen LogP contribution in [0.4, 0.5) is 10.5 Å². The lowest BCUT2D eigenvalue weighted by Gasteiger charge is -2.25. The number of amides is 4. The van der Waals surface area contributed by atoms with Crippen molar-refractivity contribution < 1.29 is 14.4 Å². The number of benzene rings is 2. The molecule has 0 unspecified atom stereocenters. The molecule has 0 saturated carbocycles. The van der Waals surface area contributed by atoms with Crippen molar-refractivity contribution in [1.29, 1.82) is 0 Å². The van der Waals surface area contributed by atoms with Crippen molar-refractivity contribution in [2.24, 2.45) is 0 Å². The predicted octanol–water partition coefficient (Wildman–Crippen LogP) is 3.37. The molecular formula is C22H23N3O3S. The highest BCUT2D eigenvalue weighted by atomic mass is 32.2. The molecule has 0 aromatic heterocycles. The summed E-state index contributed by atoms with van der Waals surface area (Å²) in [6.07, 6.45) is 0.840. The number of carbonyl (C=O) groups excluding carboxylic acids is 3. The number of hydrogen-bond acceptors (Lipinski definition) is 4. The summed E-state index contributed by atoms with van der Waals surface area (Å²) in [5.74, 6) is -0.666. The third-order valence-electron chi connectivity index (χ3n) is 5.46. The molecule has 4 amide bonds. The number of rotatable bonds is 3. The van der Waals surface area contributed by atoms with Crippen LogP contribution in [-0.4, -0.2) is 41.1 Å². The molecule has 150 valence electrons. The first-order chi connectivity index (χ1) is 13.9. The van der Waals surface area contributed by atoms with Crippen LogP contribution in [0, 0.1) is 0 Å². The summed E-state index contributed by atoms with van der Waals surface area (Å²) in [5, 5.41) is 3.14. The lowest BCUT2D eigenvalue weighted by Crippen LogP contribution is -2.45. The fourth-order valence-electron chi connectivity index (χ4n) is 3.77. The number of anilines is 1. The summed E-state index contributed by atoms with van der Waals surface area (Å²) in [7, 11) is 0. The van der Waals surface area contributed by atoms with Crippen molar-refractivity contribution in [2.75, 3.05) is 18.0 Å². The van der Waals surface area contributed by atoms with E-state index in [2.05, 4.69) is 12.2 Å². The van der Waals surface area contributed by atoms with E-state index in [1.165, 1.54) is 0 Å². The van der Waals surface area contributed by atoms with E-state index < -0.39 is 17.5 Å². The maximum Gasteiger partial charge on any atom is 0.325 e. The summed E-state index contributed by atoms with van der Waals surface area (Å²) in [4.78, 5) is 42.6. The van der Waals surface area contributed by atoms with Crippen molar-refractivity contribution in [3.63, 3.8) is 0 Å². The Balaban J connectivity index is 1.57. The minimum absolute atomic E-state index is 0.257. The average Bonchev–Trinajstić information content (AvgIpc) is 2.85. The Kier molecular flexibility index (Phi) is 5.08. The number of carbonyl (C=O) groups is 3. The lowest BCUT2D eigenvalue weighted by atomic mass is 9.92. The Morgan fingerprint density at radius 2 is 1.83 bits per heavy atom. The Morgan fingerprint density at radius 3 is 2.59 bits per heavy atom. The van der Waals surface area contributed by atoms with Crippen molar-refractivity contribution in [2.45, 2.75) is 36.0 Å². The van der Waals surface area contributed by atoms with Gasteiger partial charge in [0.15, 0.2) is 0 Å². The number of imide groups is 1.